The number of nitrogens with zero attached hydrogens (tertiary/aromatic N) is 10. The number of carboxylic acid groups (broad SMARTS) is 2. The molecule has 2 aliphatic carbocycles. The number of piperazine rings is 2. The molecule has 2 aromatic carbocycles. The molecule has 72 heavy (non-hydrogen) atoms. The summed E-state index contributed by atoms with van der Waals surface area (Å²) in [5.41, 5.74) is 24.4. The summed E-state index contributed by atoms with van der Waals surface area (Å²) in [7, 11) is 0. The fourth-order valence-electron chi connectivity index (χ4n) is 9.64. The molecule has 4 fully saturated rings. The number of rotatable bonds is 19. The topological polar surface area (TPSA) is 285 Å². The van der Waals surface area contributed by atoms with Crippen LogP contribution in [-0.4, -0.2) is 130 Å². The predicted octanol–water partition coefficient (Wildman–Crippen LogP) is 4.76. The molecule has 2 saturated heterocycles. The van der Waals surface area contributed by atoms with Crippen LogP contribution < -0.4 is 43.6 Å². The van der Waals surface area contributed by atoms with Gasteiger partial charge in [0.25, 0.3) is 0 Å². The summed E-state index contributed by atoms with van der Waals surface area (Å²) in [5.74, 6) is -3.07. The normalized spacial score (nSPS) is 17.4. The lowest BCUT2D eigenvalue weighted by molar-refractivity contribution is 0.0684. The SMILES string of the molecule is NC(=NCCCCCCCCCCCCN=C(N)N=C(N)N1CCN(c2cc3c(cc2F)c(=O)c(C(=O)O)cn3C2CC2)CC1)N=C(N)N1CCN(c2cc3c(cc2F)c(=O)c(C(=O)O)cn3C2CC2)CC1. The van der Waals surface area contributed by atoms with E-state index in [-0.39, 0.29) is 57.8 Å². The fourth-order valence-corrected chi connectivity index (χ4v) is 9.64. The van der Waals surface area contributed by atoms with Crippen LogP contribution in [0.5, 0.6) is 0 Å². The number of guanidine groups is 4. The van der Waals surface area contributed by atoms with Crippen molar-refractivity contribution in [3.8, 4) is 0 Å². The molecular weight excluding hydrogens is 931 g/mol. The van der Waals surface area contributed by atoms with E-state index in [9.17, 15) is 29.4 Å². The molecule has 2 aliphatic heterocycles. The molecule has 0 radical (unpaired) electrons. The minimum Gasteiger partial charge on any atom is -0.477 e. The zero-order chi connectivity index (χ0) is 51.1. The van der Waals surface area contributed by atoms with E-state index in [4.69, 9.17) is 22.9 Å². The Morgan fingerprint density at radius 1 is 0.528 bits per heavy atom. The maximum absolute atomic E-state index is 15.4. The second-order valence-electron chi connectivity index (χ2n) is 19.2. The van der Waals surface area contributed by atoms with Crippen LogP contribution in [0.15, 0.2) is 66.2 Å². The van der Waals surface area contributed by atoms with E-state index in [1.54, 1.807) is 21.3 Å². The number of benzene rings is 2. The van der Waals surface area contributed by atoms with Crippen molar-refractivity contribution < 1.29 is 28.6 Å². The molecule has 20 nitrogen and oxygen atoms in total. The smallest absolute Gasteiger partial charge is 0.341 e. The van der Waals surface area contributed by atoms with Crippen molar-refractivity contribution in [2.24, 2.45) is 42.9 Å². The number of fused-ring (bicyclic) bond motifs is 2. The molecule has 4 aromatic rings. The van der Waals surface area contributed by atoms with Crippen molar-refractivity contribution in [3.63, 3.8) is 0 Å². The maximum Gasteiger partial charge on any atom is 0.341 e. The average molecular weight is 997 g/mol. The van der Waals surface area contributed by atoms with Crippen molar-refractivity contribution in [1.29, 1.82) is 0 Å². The summed E-state index contributed by atoms with van der Waals surface area (Å²) >= 11 is 0. The van der Waals surface area contributed by atoms with E-state index in [2.05, 4.69) is 20.0 Å². The van der Waals surface area contributed by atoms with Gasteiger partial charge in [0, 0.05) is 101 Å². The zero-order valence-electron chi connectivity index (χ0n) is 40.7. The Labute approximate surface area is 415 Å². The molecule has 22 heteroatoms. The highest BCUT2D eigenvalue weighted by atomic mass is 19.1. The first kappa shape index (κ1) is 51.1. The molecule has 2 aromatic heterocycles. The van der Waals surface area contributed by atoms with Crippen molar-refractivity contribution >= 4 is 69.0 Å². The number of nitrogens with two attached hydrogens (primary N) is 4. The Kier molecular flexibility index (Phi) is 16.2. The van der Waals surface area contributed by atoms with Gasteiger partial charge in [-0.3, -0.25) is 19.6 Å². The Hall–Kier alpha value is -7.26. The lowest BCUT2D eigenvalue weighted by Gasteiger charge is -2.36. The number of carbonyl (C=O) groups is 2. The fraction of sp³-hybridized carbons (Fsp3) is 0.520. The third-order valence-corrected chi connectivity index (χ3v) is 14.0. The van der Waals surface area contributed by atoms with Gasteiger partial charge in [-0.05, 0) is 62.8 Å². The molecule has 4 heterocycles. The Morgan fingerprint density at radius 3 is 1.18 bits per heavy atom. The Bertz CT molecular complexity index is 2720. The number of pyridine rings is 2. The minimum atomic E-state index is -1.33. The van der Waals surface area contributed by atoms with E-state index in [0.717, 1.165) is 89.2 Å². The summed E-state index contributed by atoms with van der Waals surface area (Å²) in [4.78, 5) is 74.1. The third-order valence-electron chi connectivity index (χ3n) is 14.0. The molecule has 2 saturated carbocycles. The van der Waals surface area contributed by atoms with Crippen LogP contribution in [0.25, 0.3) is 21.8 Å². The van der Waals surface area contributed by atoms with Crippen LogP contribution in [0.1, 0.15) is 123 Å². The quantitative estimate of drug-likeness (QED) is 0.0420. The van der Waals surface area contributed by atoms with E-state index in [1.807, 2.05) is 19.6 Å². The molecule has 4 aliphatic rings. The number of hydrogen-bond donors (Lipinski definition) is 6. The number of aromatic nitrogens is 2. The predicted molar refractivity (Wildman–Crippen MR) is 277 cm³/mol. The standard InChI is InChI=1S/C50H66F2N14O6/c51-37-25-33-39(65(31-11-12-31)29-35(43(33)67)45(69)70)27-41(37)61-17-21-63(22-18-61)49(55)59-47(53)57-15-9-7-5-3-1-2-4-6-8-10-16-58-48(54)60-50(56)64-23-19-62(20-24-64)42-28-40-34(26-38(42)52)44(68)36(46(71)72)30-66(40)32-13-14-32/h25-32H,1-24H2,(H,69,70)(H,71,72)(H4,53,55,57,59)(H4,54,56,58,60). The lowest BCUT2D eigenvalue weighted by Crippen LogP contribution is -2.51. The summed E-state index contributed by atoms with van der Waals surface area (Å²) in [5, 5.41) is 19.2. The lowest BCUT2D eigenvalue weighted by atomic mass is 10.1. The molecule has 0 atom stereocenters. The highest BCUT2D eigenvalue weighted by Crippen LogP contribution is 2.39. The van der Waals surface area contributed by atoms with Crippen molar-refractivity contribution in [2.75, 3.05) is 75.2 Å². The van der Waals surface area contributed by atoms with E-state index in [0.29, 0.717) is 87.9 Å². The minimum absolute atomic E-state index is 0.0640. The molecular formula is C50H66F2N14O6. The Balaban J connectivity index is 0.665. The number of aromatic carboxylic acids is 2. The first-order chi connectivity index (χ1) is 34.7. The maximum atomic E-state index is 15.4. The van der Waals surface area contributed by atoms with E-state index < -0.39 is 34.4 Å². The van der Waals surface area contributed by atoms with Crippen molar-refractivity contribution in [3.05, 3.63) is 79.9 Å². The zero-order valence-corrected chi connectivity index (χ0v) is 40.7. The number of halogens is 2. The van der Waals surface area contributed by atoms with Gasteiger partial charge >= 0.3 is 11.9 Å². The molecule has 8 rings (SSSR count). The Morgan fingerprint density at radius 2 is 0.861 bits per heavy atom. The second-order valence-corrected chi connectivity index (χ2v) is 19.2. The summed E-state index contributed by atoms with van der Waals surface area (Å²) in [6.07, 6.45) is 17.0. The summed E-state index contributed by atoms with van der Waals surface area (Å²) in [6.45, 7) is 4.84. The van der Waals surface area contributed by atoms with Crippen molar-refractivity contribution in [2.45, 2.75) is 102 Å². The van der Waals surface area contributed by atoms with Crippen LogP contribution in [0.2, 0.25) is 0 Å². The van der Waals surface area contributed by atoms with Gasteiger partial charge in [0.2, 0.25) is 22.8 Å². The first-order valence-electron chi connectivity index (χ1n) is 25.2. The molecule has 0 bridgehead atoms. The van der Waals surface area contributed by atoms with Gasteiger partial charge in [0.1, 0.15) is 22.8 Å². The number of hydrogen-bond acceptors (Lipinski definition) is 8. The van der Waals surface area contributed by atoms with Crippen LogP contribution in [0.3, 0.4) is 0 Å². The molecule has 386 valence electrons. The number of unbranched alkanes of at least 4 members (excludes halogenated alkanes) is 9. The van der Waals surface area contributed by atoms with Crippen molar-refractivity contribution in [1.82, 2.24) is 18.9 Å². The molecule has 0 spiro atoms. The van der Waals surface area contributed by atoms with Gasteiger partial charge in [-0.1, -0.05) is 51.4 Å². The monoisotopic (exact) mass is 997 g/mol. The second kappa shape index (κ2) is 22.9. The van der Waals surface area contributed by atoms with Crippen LogP contribution >= 0.6 is 0 Å². The van der Waals surface area contributed by atoms with Gasteiger partial charge in [-0.2, -0.15) is 9.98 Å². The van der Waals surface area contributed by atoms with Crippen LogP contribution in [0.4, 0.5) is 20.2 Å². The average Bonchev–Trinajstić information content (AvgIpc) is 4.31. The highest BCUT2D eigenvalue weighted by molar-refractivity contribution is 5.96. The number of anilines is 2. The van der Waals surface area contributed by atoms with E-state index >= 15 is 8.78 Å². The van der Waals surface area contributed by atoms with Gasteiger partial charge in [-0.25, -0.2) is 18.4 Å². The molecule has 10 N–H and O–H groups in total. The highest BCUT2D eigenvalue weighted by Gasteiger charge is 2.31. The number of carboxylic acids is 2. The molecule has 0 amide bonds. The molecule has 0 unspecified atom stereocenters. The van der Waals surface area contributed by atoms with Gasteiger partial charge in [0.15, 0.2) is 11.9 Å². The largest absolute Gasteiger partial charge is 0.477 e. The van der Waals surface area contributed by atoms with Crippen LogP contribution in [-0.2, 0) is 0 Å². The summed E-state index contributed by atoms with van der Waals surface area (Å²) in [6, 6.07) is 5.79. The van der Waals surface area contributed by atoms with Gasteiger partial charge in [-0.15, -0.1) is 0 Å². The van der Waals surface area contributed by atoms with Gasteiger partial charge in [0.05, 0.1) is 22.4 Å². The third kappa shape index (κ3) is 12.2. The summed E-state index contributed by atoms with van der Waals surface area (Å²) < 4.78 is 34.4. The first-order valence-corrected chi connectivity index (χ1v) is 25.2. The van der Waals surface area contributed by atoms with E-state index in [1.165, 1.54) is 25.2 Å². The van der Waals surface area contributed by atoms with Crippen LogP contribution in [0, 0.1) is 11.6 Å². The number of aliphatic imine (C=N–C) groups is 4. The van der Waals surface area contributed by atoms with Gasteiger partial charge < -0.3 is 61.9 Å².